The molecule has 0 fully saturated rings. The maximum Gasteiger partial charge on any atom is 0.216 e. The van der Waals surface area contributed by atoms with Gasteiger partial charge >= 0.3 is 0 Å². The largest absolute Gasteiger partial charge is 0.455 e. The second kappa shape index (κ2) is 6.00. The Morgan fingerprint density at radius 1 is 1.04 bits per heavy atom. The van der Waals surface area contributed by atoms with Crippen molar-refractivity contribution in [3.05, 3.63) is 71.2 Å². The summed E-state index contributed by atoms with van der Waals surface area (Å²) in [5.74, 6) is 0.289. The number of aryl methyl sites for hydroxylation is 2. The number of benzene rings is 2. The van der Waals surface area contributed by atoms with Crippen molar-refractivity contribution in [2.75, 3.05) is 0 Å². The average molecular weight is 341 g/mol. The van der Waals surface area contributed by atoms with Gasteiger partial charge in [0, 0.05) is 22.9 Å². The molecule has 2 heterocycles. The Hall–Kier alpha value is -3.12. The molecule has 0 radical (unpaired) electrons. The highest BCUT2D eigenvalue weighted by Crippen LogP contribution is 2.41. The predicted octanol–water partition coefficient (Wildman–Crippen LogP) is 6.06. The van der Waals surface area contributed by atoms with E-state index in [1.807, 2.05) is 37.5 Å². The lowest BCUT2D eigenvalue weighted by atomic mass is 9.97. The first-order valence-corrected chi connectivity index (χ1v) is 8.83. The number of furan rings is 1. The molecule has 26 heavy (non-hydrogen) atoms. The summed E-state index contributed by atoms with van der Waals surface area (Å²) in [6.07, 6.45) is 2.05. The van der Waals surface area contributed by atoms with Crippen molar-refractivity contribution in [2.45, 2.75) is 26.7 Å². The van der Waals surface area contributed by atoms with Gasteiger partial charge in [0.1, 0.15) is 18.2 Å². The highest BCUT2D eigenvalue weighted by molar-refractivity contribution is 6.11. The van der Waals surface area contributed by atoms with Gasteiger partial charge in [-0.05, 0) is 42.2 Å². The van der Waals surface area contributed by atoms with Gasteiger partial charge in [0.15, 0.2) is 11.9 Å². The molecule has 3 nitrogen and oxygen atoms in total. The van der Waals surface area contributed by atoms with Crippen molar-refractivity contribution in [3.63, 3.8) is 0 Å². The number of pyridine rings is 1. The maximum absolute atomic E-state index is 7.45. The summed E-state index contributed by atoms with van der Waals surface area (Å²) in [6.45, 7) is 13.8. The molecule has 4 rings (SSSR count). The Morgan fingerprint density at radius 2 is 1.85 bits per heavy atom. The van der Waals surface area contributed by atoms with Gasteiger partial charge < -0.3 is 4.42 Å². The van der Waals surface area contributed by atoms with E-state index in [4.69, 9.17) is 11.0 Å². The molecule has 0 aliphatic carbocycles. The fourth-order valence-corrected chi connectivity index (χ4v) is 3.65. The fraction of sp³-hybridized carbons (Fsp3) is 0.217. The lowest BCUT2D eigenvalue weighted by molar-refractivity contribution is -0.660. The highest BCUT2D eigenvalue weighted by Gasteiger charge is 2.22. The van der Waals surface area contributed by atoms with E-state index in [0.29, 0.717) is 5.69 Å². The molecule has 0 aliphatic heterocycles. The molecular formula is C23H21N2O+. The first-order chi connectivity index (χ1) is 12.5. The first-order valence-electron chi connectivity index (χ1n) is 8.83. The minimum Gasteiger partial charge on any atom is -0.455 e. The molecule has 0 N–H and O–H groups in total. The smallest absolute Gasteiger partial charge is 0.216 e. The van der Waals surface area contributed by atoms with E-state index in [2.05, 4.69) is 48.4 Å². The maximum atomic E-state index is 7.45. The van der Waals surface area contributed by atoms with Crippen LogP contribution in [0.3, 0.4) is 0 Å². The quantitative estimate of drug-likeness (QED) is 0.321. The van der Waals surface area contributed by atoms with Crippen molar-refractivity contribution in [1.82, 2.24) is 0 Å². The summed E-state index contributed by atoms with van der Waals surface area (Å²) in [6, 6.07) is 14.3. The van der Waals surface area contributed by atoms with Gasteiger partial charge in [-0.1, -0.05) is 26.0 Å². The van der Waals surface area contributed by atoms with Gasteiger partial charge in [0.05, 0.1) is 12.1 Å². The van der Waals surface area contributed by atoms with Crippen LogP contribution < -0.4 is 4.57 Å². The molecule has 0 aliphatic rings. The molecule has 128 valence electrons. The van der Waals surface area contributed by atoms with Crippen LogP contribution in [0.2, 0.25) is 0 Å². The molecule has 0 amide bonds. The van der Waals surface area contributed by atoms with E-state index in [-0.39, 0.29) is 5.92 Å². The summed E-state index contributed by atoms with van der Waals surface area (Å²) in [4.78, 5) is 3.67. The molecule has 0 spiro atoms. The zero-order valence-corrected chi connectivity index (χ0v) is 15.5. The molecule has 0 saturated heterocycles. The van der Waals surface area contributed by atoms with E-state index >= 15 is 0 Å². The van der Waals surface area contributed by atoms with Crippen LogP contribution in [-0.4, -0.2) is 0 Å². The third kappa shape index (κ3) is 2.38. The van der Waals surface area contributed by atoms with Gasteiger partial charge in [-0.15, -0.1) is 0 Å². The van der Waals surface area contributed by atoms with Crippen molar-refractivity contribution < 1.29 is 8.98 Å². The molecule has 0 saturated carbocycles. The summed E-state index contributed by atoms with van der Waals surface area (Å²) in [7, 11) is 2.05. The Kier molecular flexibility index (Phi) is 3.77. The molecule has 0 bridgehead atoms. The Balaban J connectivity index is 2.18. The van der Waals surface area contributed by atoms with Crippen LogP contribution in [0.4, 0.5) is 5.69 Å². The van der Waals surface area contributed by atoms with Crippen LogP contribution in [0, 0.1) is 13.5 Å². The van der Waals surface area contributed by atoms with E-state index in [1.54, 1.807) is 0 Å². The van der Waals surface area contributed by atoms with Crippen LogP contribution in [0.1, 0.15) is 30.9 Å². The predicted molar refractivity (Wildman–Crippen MR) is 105 cm³/mol. The van der Waals surface area contributed by atoms with Crippen molar-refractivity contribution >= 4 is 27.6 Å². The van der Waals surface area contributed by atoms with Gasteiger partial charge in [-0.25, -0.2) is 9.41 Å². The third-order valence-electron chi connectivity index (χ3n) is 5.02. The molecule has 0 unspecified atom stereocenters. The molecule has 4 aromatic rings. The topological polar surface area (TPSA) is 21.4 Å². The van der Waals surface area contributed by atoms with Crippen LogP contribution in [0.15, 0.2) is 53.1 Å². The first kappa shape index (κ1) is 16.4. The van der Waals surface area contributed by atoms with Crippen LogP contribution in [0.25, 0.3) is 38.0 Å². The Labute approximate surface area is 153 Å². The Bertz CT molecular complexity index is 1190. The minimum atomic E-state index is 0.289. The number of rotatable bonds is 2. The number of hydrogen-bond acceptors (Lipinski definition) is 1. The number of fused-ring (bicyclic) bond motifs is 3. The minimum absolute atomic E-state index is 0.289. The summed E-state index contributed by atoms with van der Waals surface area (Å²) < 4.78 is 8.56. The standard InChI is InChI=1S/C23H21N2O/c1-14(2)18-12-16(24-4)13-19-17-10-9-15(3)21(23(17)26-22(18)19)20-8-6-7-11-25(20)5/h6-14H,1-3,5H3/q+1. The van der Waals surface area contributed by atoms with Crippen molar-refractivity contribution in [2.24, 2.45) is 7.05 Å². The fourth-order valence-electron chi connectivity index (χ4n) is 3.65. The molecule has 0 atom stereocenters. The number of aromatic nitrogens is 1. The molecule has 2 aromatic heterocycles. The van der Waals surface area contributed by atoms with Crippen LogP contribution >= 0.6 is 0 Å². The zero-order chi connectivity index (χ0) is 18.4. The van der Waals surface area contributed by atoms with E-state index in [0.717, 1.165) is 38.8 Å². The van der Waals surface area contributed by atoms with E-state index < -0.39 is 0 Å². The van der Waals surface area contributed by atoms with Crippen LogP contribution in [-0.2, 0) is 7.05 Å². The second-order valence-electron chi connectivity index (χ2n) is 7.11. The van der Waals surface area contributed by atoms with Gasteiger partial charge in [0.2, 0.25) is 5.69 Å². The third-order valence-corrected chi connectivity index (χ3v) is 5.02. The lowest BCUT2D eigenvalue weighted by Crippen LogP contribution is -2.30. The lowest BCUT2D eigenvalue weighted by Gasteiger charge is -2.06. The molecule has 3 heteroatoms. The second-order valence-corrected chi connectivity index (χ2v) is 7.11. The SMILES string of the molecule is [C-]#[N+]c1cc(C(C)C)c2oc3c(-c4cccc[n+]4C)c(C)ccc3c2c1. The zero-order valence-electron chi connectivity index (χ0n) is 15.5. The van der Waals surface area contributed by atoms with Gasteiger partial charge in [0.25, 0.3) is 0 Å². The molecule has 2 aromatic carbocycles. The summed E-state index contributed by atoms with van der Waals surface area (Å²) >= 11 is 0. The van der Waals surface area contributed by atoms with Crippen molar-refractivity contribution in [1.29, 1.82) is 0 Å². The molecular weight excluding hydrogens is 320 g/mol. The summed E-state index contributed by atoms with van der Waals surface area (Å²) in [5, 5.41) is 2.09. The normalized spacial score (nSPS) is 11.4. The average Bonchev–Trinajstić information content (AvgIpc) is 3.00. The van der Waals surface area contributed by atoms with Crippen LogP contribution in [0.5, 0.6) is 0 Å². The van der Waals surface area contributed by atoms with E-state index in [9.17, 15) is 0 Å². The summed E-state index contributed by atoms with van der Waals surface area (Å²) in [5.41, 5.74) is 6.95. The van der Waals surface area contributed by atoms with Crippen molar-refractivity contribution in [3.8, 4) is 11.3 Å². The Morgan fingerprint density at radius 3 is 2.54 bits per heavy atom. The number of hydrogen-bond donors (Lipinski definition) is 0. The van der Waals surface area contributed by atoms with E-state index in [1.165, 1.54) is 5.56 Å². The number of nitrogens with zero attached hydrogens (tertiary/aromatic N) is 2. The monoisotopic (exact) mass is 341 g/mol. The highest BCUT2D eigenvalue weighted by atomic mass is 16.3. The van der Waals surface area contributed by atoms with Gasteiger partial charge in [-0.3, -0.25) is 0 Å². The van der Waals surface area contributed by atoms with Gasteiger partial charge in [-0.2, -0.15) is 0 Å².